The van der Waals surface area contributed by atoms with Crippen molar-refractivity contribution < 1.29 is 4.79 Å². The van der Waals surface area contributed by atoms with Crippen LogP contribution in [0.25, 0.3) is 0 Å². The van der Waals surface area contributed by atoms with E-state index in [2.05, 4.69) is 55.3 Å². The first-order valence-electron chi connectivity index (χ1n) is 8.63. The van der Waals surface area contributed by atoms with Crippen LogP contribution in [0, 0.1) is 11.8 Å². The highest BCUT2D eigenvalue weighted by Gasteiger charge is 2.28. The van der Waals surface area contributed by atoms with Crippen LogP contribution in [0.4, 0.5) is 0 Å². The number of rotatable bonds is 6. The molecule has 1 saturated heterocycles. The summed E-state index contributed by atoms with van der Waals surface area (Å²) in [6.07, 6.45) is 2.99. The van der Waals surface area contributed by atoms with Gasteiger partial charge in [0.05, 0.1) is 0 Å². The van der Waals surface area contributed by atoms with Crippen molar-refractivity contribution in [2.75, 3.05) is 13.1 Å². The summed E-state index contributed by atoms with van der Waals surface area (Å²) < 4.78 is 0. The predicted octanol–water partition coefficient (Wildman–Crippen LogP) is 3.45. The van der Waals surface area contributed by atoms with E-state index in [1.807, 2.05) is 6.07 Å². The second-order valence-corrected chi connectivity index (χ2v) is 6.97. The molecule has 122 valence electrons. The lowest BCUT2D eigenvalue weighted by Crippen LogP contribution is -2.51. The molecule has 2 unspecified atom stereocenters. The number of hydrogen-bond donors (Lipinski definition) is 1. The molecule has 3 heteroatoms. The summed E-state index contributed by atoms with van der Waals surface area (Å²) in [7, 11) is 0. The van der Waals surface area contributed by atoms with E-state index in [4.69, 9.17) is 0 Å². The Morgan fingerprint density at radius 2 is 2.00 bits per heavy atom. The predicted molar refractivity (Wildman–Crippen MR) is 91.5 cm³/mol. The molecule has 1 aromatic rings. The molecule has 1 aliphatic heterocycles. The van der Waals surface area contributed by atoms with E-state index in [1.165, 1.54) is 12.0 Å². The van der Waals surface area contributed by atoms with Crippen molar-refractivity contribution >= 4 is 5.91 Å². The molecule has 0 saturated carbocycles. The third-order valence-electron chi connectivity index (χ3n) is 4.49. The highest BCUT2D eigenvalue weighted by Crippen LogP contribution is 2.21. The molecule has 1 heterocycles. The Morgan fingerprint density at radius 3 is 2.64 bits per heavy atom. The Hall–Kier alpha value is -1.35. The Morgan fingerprint density at radius 1 is 1.27 bits per heavy atom. The van der Waals surface area contributed by atoms with Crippen molar-refractivity contribution in [3.05, 3.63) is 35.9 Å². The van der Waals surface area contributed by atoms with Gasteiger partial charge in [0.2, 0.25) is 5.91 Å². The van der Waals surface area contributed by atoms with Gasteiger partial charge >= 0.3 is 0 Å². The largest absolute Gasteiger partial charge is 0.341 e. The molecule has 0 bridgehead atoms. The van der Waals surface area contributed by atoms with Crippen LogP contribution in [0.3, 0.4) is 0 Å². The van der Waals surface area contributed by atoms with Gasteiger partial charge in [0.15, 0.2) is 0 Å². The zero-order chi connectivity index (χ0) is 15.9. The van der Waals surface area contributed by atoms with E-state index in [9.17, 15) is 4.79 Å². The quantitative estimate of drug-likeness (QED) is 0.873. The van der Waals surface area contributed by atoms with Crippen LogP contribution in [0.1, 0.15) is 45.6 Å². The molecule has 1 N–H and O–H groups in total. The number of piperidine rings is 1. The van der Waals surface area contributed by atoms with E-state index in [0.717, 1.165) is 26.1 Å². The Labute approximate surface area is 135 Å². The van der Waals surface area contributed by atoms with Crippen LogP contribution in [-0.2, 0) is 11.3 Å². The van der Waals surface area contributed by atoms with Gasteiger partial charge in [-0.25, -0.2) is 0 Å². The van der Waals surface area contributed by atoms with E-state index in [0.29, 0.717) is 30.2 Å². The molecule has 22 heavy (non-hydrogen) atoms. The molecule has 0 radical (unpaired) electrons. The van der Waals surface area contributed by atoms with Gasteiger partial charge in [-0.2, -0.15) is 0 Å². The average molecular weight is 302 g/mol. The van der Waals surface area contributed by atoms with Crippen molar-refractivity contribution in [3.8, 4) is 0 Å². The minimum atomic E-state index is 0.319. The number of likely N-dealkylation sites (tertiary alicyclic amines) is 1. The lowest BCUT2D eigenvalue weighted by atomic mass is 9.91. The number of carbonyl (C=O) groups is 1. The van der Waals surface area contributed by atoms with Crippen LogP contribution in [0.5, 0.6) is 0 Å². The zero-order valence-corrected chi connectivity index (χ0v) is 14.2. The van der Waals surface area contributed by atoms with Gasteiger partial charge in [0.25, 0.3) is 0 Å². The summed E-state index contributed by atoms with van der Waals surface area (Å²) in [6, 6.07) is 10.9. The molecular weight excluding hydrogens is 272 g/mol. The SMILES string of the molecule is CCC1CC(NCc2ccccc2)CN(C(=O)CC(C)C)C1. The fraction of sp³-hybridized carbons (Fsp3) is 0.632. The third-order valence-corrected chi connectivity index (χ3v) is 4.49. The van der Waals surface area contributed by atoms with Crippen molar-refractivity contribution in [2.24, 2.45) is 11.8 Å². The van der Waals surface area contributed by atoms with Crippen LogP contribution < -0.4 is 5.32 Å². The van der Waals surface area contributed by atoms with Crippen LogP contribution in [-0.4, -0.2) is 29.9 Å². The molecule has 0 spiro atoms. The number of nitrogens with one attached hydrogen (secondary N) is 1. The molecule has 2 atom stereocenters. The average Bonchev–Trinajstić information content (AvgIpc) is 2.53. The maximum absolute atomic E-state index is 12.4. The van der Waals surface area contributed by atoms with E-state index >= 15 is 0 Å². The molecule has 1 amide bonds. The molecule has 3 nitrogen and oxygen atoms in total. The van der Waals surface area contributed by atoms with Crippen molar-refractivity contribution in [3.63, 3.8) is 0 Å². The summed E-state index contributed by atoms with van der Waals surface area (Å²) >= 11 is 0. The lowest BCUT2D eigenvalue weighted by Gasteiger charge is -2.38. The first-order chi connectivity index (χ1) is 10.6. The second kappa shape index (κ2) is 8.33. The minimum absolute atomic E-state index is 0.319. The highest BCUT2D eigenvalue weighted by molar-refractivity contribution is 5.76. The number of carbonyl (C=O) groups excluding carboxylic acids is 1. The summed E-state index contributed by atoms with van der Waals surface area (Å²) in [5, 5.41) is 3.65. The van der Waals surface area contributed by atoms with Crippen LogP contribution >= 0.6 is 0 Å². The molecule has 2 rings (SSSR count). The van der Waals surface area contributed by atoms with Gasteiger partial charge in [0, 0.05) is 32.1 Å². The van der Waals surface area contributed by atoms with E-state index in [1.54, 1.807) is 0 Å². The van der Waals surface area contributed by atoms with Crippen LogP contribution in [0.15, 0.2) is 30.3 Å². The molecule has 0 aromatic heterocycles. The van der Waals surface area contributed by atoms with Crippen molar-refractivity contribution in [2.45, 2.75) is 52.6 Å². The second-order valence-electron chi connectivity index (χ2n) is 6.97. The minimum Gasteiger partial charge on any atom is -0.341 e. The van der Waals surface area contributed by atoms with Gasteiger partial charge in [-0.1, -0.05) is 57.5 Å². The molecule has 0 aliphatic carbocycles. The molecular formula is C19H30N2O. The molecule has 1 fully saturated rings. The Balaban J connectivity index is 1.91. The standard InChI is InChI=1S/C19H30N2O/c1-4-16-11-18(20-12-17-8-6-5-7-9-17)14-21(13-16)19(22)10-15(2)3/h5-9,15-16,18,20H,4,10-14H2,1-3H3. The topological polar surface area (TPSA) is 32.3 Å². The van der Waals surface area contributed by atoms with Crippen molar-refractivity contribution in [1.29, 1.82) is 0 Å². The monoisotopic (exact) mass is 302 g/mol. The number of benzene rings is 1. The number of hydrogen-bond acceptors (Lipinski definition) is 2. The highest BCUT2D eigenvalue weighted by atomic mass is 16.2. The number of amides is 1. The van der Waals surface area contributed by atoms with E-state index < -0.39 is 0 Å². The maximum Gasteiger partial charge on any atom is 0.222 e. The Kier molecular flexibility index (Phi) is 6.44. The maximum atomic E-state index is 12.4. The zero-order valence-electron chi connectivity index (χ0n) is 14.2. The summed E-state index contributed by atoms with van der Waals surface area (Å²) in [5.74, 6) is 1.38. The normalized spacial score (nSPS) is 22.1. The summed E-state index contributed by atoms with van der Waals surface area (Å²) in [6.45, 7) is 9.14. The summed E-state index contributed by atoms with van der Waals surface area (Å²) in [4.78, 5) is 14.5. The number of nitrogens with zero attached hydrogens (tertiary/aromatic N) is 1. The smallest absolute Gasteiger partial charge is 0.222 e. The summed E-state index contributed by atoms with van der Waals surface area (Å²) in [5.41, 5.74) is 1.31. The van der Waals surface area contributed by atoms with Crippen molar-refractivity contribution in [1.82, 2.24) is 10.2 Å². The van der Waals surface area contributed by atoms with Gasteiger partial charge in [-0.3, -0.25) is 4.79 Å². The van der Waals surface area contributed by atoms with E-state index in [-0.39, 0.29) is 0 Å². The molecule has 1 aromatic carbocycles. The van der Waals surface area contributed by atoms with Crippen LogP contribution in [0.2, 0.25) is 0 Å². The molecule has 1 aliphatic rings. The fourth-order valence-electron chi connectivity index (χ4n) is 3.19. The third kappa shape index (κ3) is 5.13. The van der Waals surface area contributed by atoms with Gasteiger partial charge < -0.3 is 10.2 Å². The first-order valence-corrected chi connectivity index (χ1v) is 8.63. The first kappa shape index (κ1) is 17.0. The lowest BCUT2D eigenvalue weighted by molar-refractivity contribution is -0.134. The van der Waals surface area contributed by atoms with Gasteiger partial charge in [-0.15, -0.1) is 0 Å². The van der Waals surface area contributed by atoms with Gasteiger partial charge in [-0.05, 0) is 23.8 Å². The Bertz CT molecular complexity index is 458. The van der Waals surface area contributed by atoms with Gasteiger partial charge in [0.1, 0.15) is 0 Å². The fourth-order valence-corrected chi connectivity index (χ4v) is 3.19.